The maximum absolute atomic E-state index is 12.1. The Morgan fingerprint density at radius 3 is 2.74 bits per heavy atom. The monoisotopic (exact) mass is 316 g/mol. The van der Waals surface area contributed by atoms with Gasteiger partial charge in [-0.1, -0.05) is 6.07 Å². The fourth-order valence-electron chi connectivity index (χ4n) is 2.80. The smallest absolute Gasteiger partial charge is 0.331 e. The van der Waals surface area contributed by atoms with Crippen molar-refractivity contribution in [1.82, 2.24) is 9.78 Å². The first kappa shape index (κ1) is 15.2. The van der Waals surface area contributed by atoms with Crippen LogP contribution >= 0.6 is 0 Å². The molecule has 1 unspecified atom stereocenters. The fraction of sp³-hybridized carbons (Fsp3) is 0.312. The van der Waals surface area contributed by atoms with Gasteiger partial charge in [-0.25, -0.2) is 9.48 Å². The van der Waals surface area contributed by atoms with Crippen molar-refractivity contribution in [2.24, 2.45) is 0 Å². The van der Waals surface area contributed by atoms with E-state index in [4.69, 9.17) is 9.84 Å². The quantitative estimate of drug-likeness (QED) is 0.858. The normalized spacial score (nSPS) is 13.8. The highest BCUT2D eigenvalue weighted by Gasteiger charge is 2.25. The molecule has 2 N–H and O–H groups in total. The van der Waals surface area contributed by atoms with E-state index in [1.54, 1.807) is 7.11 Å². The Bertz CT molecular complexity index is 828. The van der Waals surface area contributed by atoms with E-state index in [1.165, 1.54) is 6.07 Å². The highest BCUT2D eigenvalue weighted by molar-refractivity contribution is 5.73. The van der Waals surface area contributed by atoms with Gasteiger partial charge in [-0.15, -0.1) is 0 Å². The summed E-state index contributed by atoms with van der Waals surface area (Å²) in [5.41, 5.74) is 2.68. The Kier molecular flexibility index (Phi) is 3.87. The Hall–Kier alpha value is -2.67. The summed E-state index contributed by atoms with van der Waals surface area (Å²) in [5, 5.41) is 22.6. The zero-order valence-electron chi connectivity index (χ0n) is 12.5. The van der Waals surface area contributed by atoms with Gasteiger partial charge in [0.05, 0.1) is 19.4 Å². The number of hydrogen-bond acceptors (Lipinski definition) is 5. The van der Waals surface area contributed by atoms with Crippen LogP contribution in [0.15, 0.2) is 29.1 Å². The van der Waals surface area contributed by atoms with E-state index in [-0.39, 0.29) is 0 Å². The Balaban J connectivity index is 2.20. The van der Waals surface area contributed by atoms with E-state index in [1.807, 2.05) is 18.2 Å². The molecule has 3 rings (SSSR count). The molecule has 1 atom stereocenters. The molecular weight excluding hydrogens is 300 g/mol. The van der Waals surface area contributed by atoms with Gasteiger partial charge in [-0.05, 0) is 36.1 Å². The van der Waals surface area contributed by atoms with Crippen molar-refractivity contribution in [3.05, 3.63) is 45.7 Å². The summed E-state index contributed by atoms with van der Waals surface area (Å²) in [6.45, 7) is -0.702. The highest BCUT2D eigenvalue weighted by Crippen LogP contribution is 2.33. The van der Waals surface area contributed by atoms with Crippen LogP contribution in [0.25, 0.3) is 11.3 Å². The molecule has 1 aliphatic carbocycles. The standard InChI is InChI=1S/C16H16N2O5/c1-23-11-5-4-9-2-3-10-6-14(20)18(13(8-19)16(21)22)17-15(10)12(9)7-11/h4-7,13,19H,2-3,8H2,1H3,(H,21,22). The van der Waals surface area contributed by atoms with Gasteiger partial charge in [0, 0.05) is 11.6 Å². The largest absolute Gasteiger partial charge is 0.497 e. The van der Waals surface area contributed by atoms with E-state index < -0.39 is 24.2 Å². The molecule has 2 aromatic rings. The number of nitrogens with zero attached hydrogens (tertiary/aromatic N) is 2. The minimum absolute atomic E-state index is 0.531. The topological polar surface area (TPSA) is 102 Å². The van der Waals surface area contributed by atoms with Gasteiger partial charge in [-0.2, -0.15) is 5.10 Å². The molecule has 1 aromatic heterocycles. The Morgan fingerprint density at radius 1 is 1.35 bits per heavy atom. The maximum atomic E-state index is 12.1. The van der Waals surface area contributed by atoms with Gasteiger partial charge in [-0.3, -0.25) is 4.79 Å². The van der Waals surface area contributed by atoms with Crippen LogP contribution in [0.2, 0.25) is 0 Å². The summed E-state index contributed by atoms with van der Waals surface area (Å²) in [4.78, 5) is 23.3. The van der Waals surface area contributed by atoms with Gasteiger partial charge in [0.2, 0.25) is 0 Å². The van der Waals surface area contributed by atoms with Crippen LogP contribution in [-0.2, 0) is 17.6 Å². The number of carbonyl (C=O) groups is 1. The zero-order chi connectivity index (χ0) is 16.6. The van der Waals surface area contributed by atoms with Gasteiger partial charge < -0.3 is 14.9 Å². The van der Waals surface area contributed by atoms with Crippen molar-refractivity contribution < 1.29 is 19.7 Å². The fourth-order valence-corrected chi connectivity index (χ4v) is 2.80. The van der Waals surface area contributed by atoms with Crippen LogP contribution in [0.4, 0.5) is 0 Å². The summed E-state index contributed by atoms with van der Waals surface area (Å²) in [6, 6.07) is 5.62. The van der Waals surface area contributed by atoms with E-state index in [0.29, 0.717) is 17.9 Å². The van der Waals surface area contributed by atoms with E-state index in [2.05, 4.69) is 5.10 Å². The number of methoxy groups -OCH3 is 1. The SMILES string of the molecule is COc1ccc2c(c1)-c1nn(C(CO)C(=O)O)c(=O)cc1CC2. The van der Waals surface area contributed by atoms with Crippen LogP contribution in [0, 0.1) is 0 Å². The second-order valence-electron chi connectivity index (χ2n) is 5.36. The summed E-state index contributed by atoms with van der Waals surface area (Å²) in [6.07, 6.45) is 1.44. The molecule has 7 heteroatoms. The van der Waals surface area contributed by atoms with Gasteiger partial charge in [0.25, 0.3) is 5.56 Å². The molecule has 0 aliphatic heterocycles. The van der Waals surface area contributed by atoms with Crippen molar-refractivity contribution >= 4 is 5.97 Å². The number of ether oxygens (including phenoxy) is 1. The molecule has 0 radical (unpaired) electrons. The lowest BCUT2D eigenvalue weighted by Crippen LogP contribution is -2.35. The number of aliphatic hydroxyl groups excluding tert-OH is 1. The number of aryl methyl sites for hydroxylation is 2. The van der Waals surface area contributed by atoms with Crippen LogP contribution < -0.4 is 10.3 Å². The molecule has 7 nitrogen and oxygen atoms in total. The second kappa shape index (κ2) is 5.85. The van der Waals surface area contributed by atoms with Crippen molar-refractivity contribution in [2.75, 3.05) is 13.7 Å². The lowest BCUT2D eigenvalue weighted by atomic mass is 9.89. The van der Waals surface area contributed by atoms with Crippen LogP contribution in [0.5, 0.6) is 5.75 Å². The lowest BCUT2D eigenvalue weighted by Gasteiger charge is -2.21. The maximum Gasteiger partial charge on any atom is 0.331 e. The molecule has 1 heterocycles. The van der Waals surface area contributed by atoms with Crippen molar-refractivity contribution in [1.29, 1.82) is 0 Å². The highest BCUT2D eigenvalue weighted by atomic mass is 16.5. The molecular formula is C16H16N2O5. The third-order valence-electron chi connectivity index (χ3n) is 4.02. The summed E-state index contributed by atoms with van der Waals surface area (Å²) in [7, 11) is 1.56. The Morgan fingerprint density at radius 2 is 2.09 bits per heavy atom. The predicted octanol–water partition coefficient (Wildman–Crippen LogP) is 0.635. The first-order valence-corrected chi connectivity index (χ1v) is 7.19. The first-order chi connectivity index (χ1) is 11.0. The molecule has 23 heavy (non-hydrogen) atoms. The molecule has 1 aromatic carbocycles. The number of carboxylic acid groups (broad SMARTS) is 1. The van der Waals surface area contributed by atoms with E-state index in [0.717, 1.165) is 27.8 Å². The molecule has 1 aliphatic rings. The third kappa shape index (κ3) is 2.59. The molecule has 0 fully saturated rings. The number of hydrogen-bond donors (Lipinski definition) is 2. The second-order valence-corrected chi connectivity index (χ2v) is 5.36. The summed E-state index contributed by atoms with van der Waals surface area (Å²) >= 11 is 0. The number of aliphatic hydroxyl groups is 1. The van der Waals surface area contributed by atoms with Crippen LogP contribution in [0.1, 0.15) is 17.2 Å². The number of benzene rings is 1. The lowest BCUT2D eigenvalue weighted by molar-refractivity contribution is -0.142. The number of aromatic nitrogens is 2. The Labute approximate surface area is 131 Å². The van der Waals surface area contributed by atoms with Crippen molar-refractivity contribution in [2.45, 2.75) is 18.9 Å². The average molecular weight is 316 g/mol. The first-order valence-electron chi connectivity index (χ1n) is 7.19. The van der Waals surface area contributed by atoms with Crippen LogP contribution in [0.3, 0.4) is 0 Å². The zero-order valence-corrected chi connectivity index (χ0v) is 12.5. The minimum Gasteiger partial charge on any atom is -0.497 e. The van der Waals surface area contributed by atoms with Gasteiger partial charge in [0.1, 0.15) is 5.75 Å². The van der Waals surface area contributed by atoms with E-state index in [9.17, 15) is 14.7 Å². The molecule has 0 saturated heterocycles. The van der Waals surface area contributed by atoms with Gasteiger partial charge in [0.15, 0.2) is 6.04 Å². The molecule has 120 valence electrons. The molecule has 0 bridgehead atoms. The average Bonchev–Trinajstić information content (AvgIpc) is 2.55. The van der Waals surface area contributed by atoms with Crippen molar-refractivity contribution in [3.8, 4) is 17.0 Å². The molecule has 0 spiro atoms. The number of carboxylic acids is 1. The predicted molar refractivity (Wildman–Crippen MR) is 81.7 cm³/mol. The summed E-state index contributed by atoms with van der Waals surface area (Å²) in [5.74, 6) is -0.642. The van der Waals surface area contributed by atoms with Crippen LogP contribution in [-0.4, -0.2) is 39.7 Å². The molecule has 0 amide bonds. The van der Waals surface area contributed by atoms with Gasteiger partial charge >= 0.3 is 5.97 Å². The van der Waals surface area contributed by atoms with E-state index >= 15 is 0 Å². The number of rotatable bonds is 4. The summed E-state index contributed by atoms with van der Waals surface area (Å²) < 4.78 is 6.05. The number of aliphatic carboxylic acids is 1. The minimum atomic E-state index is -1.40. The molecule has 0 saturated carbocycles. The number of fused-ring (bicyclic) bond motifs is 3. The van der Waals surface area contributed by atoms with Crippen molar-refractivity contribution in [3.63, 3.8) is 0 Å². The third-order valence-corrected chi connectivity index (χ3v) is 4.02.